The van der Waals surface area contributed by atoms with Crippen LogP contribution in [0.25, 0.3) is 0 Å². The van der Waals surface area contributed by atoms with Gasteiger partial charge >= 0.3 is 5.69 Å². The summed E-state index contributed by atoms with van der Waals surface area (Å²) in [6.07, 6.45) is 2.20. The lowest BCUT2D eigenvalue weighted by Crippen LogP contribution is -2.17. The molecule has 0 aromatic heterocycles. The number of amides is 1. The molecule has 0 aliphatic heterocycles. The Hall–Kier alpha value is -4.72. The Morgan fingerprint density at radius 3 is 2.38 bits per heavy atom. The first-order valence-corrected chi connectivity index (χ1v) is 12.7. The molecule has 0 bridgehead atoms. The van der Waals surface area contributed by atoms with Crippen molar-refractivity contribution in [2.24, 2.45) is 5.10 Å². The SMILES string of the molecule is CCCOc1ccc(C(=O)N/N=C/c2cc(Br)c(Oc3ccc([N+](=O)[O-])cc3[N+](=O)[O-])c(OCC)c2)cc1OC. The summed E-state index contributed by atoms with van der Waals surface area (Å²) < 4.78 is 22.7. The van der Waals surface area contributed by atoms with E-state index in [1.807, 2.05) is 6.92 Å². The number of ether oxygens (including phenoxy) is 4. The fourth-order valence-electron chi connectivity index (χ4n) is 3.35. The van der Waals surface area contributed by atoms with E-state index >= 15 is 0 Å². The van der Waals surface area contributed by atoms with E-state index in [4.69, 9.17) is 18.9 Å². The molecule has 0 spiro atoms. The van der Waals surface area contributed by atoms with Crippen LogP contribution in [0.5, 0.6) is 28.7 Å². The predicted octanol–water partition coefficient (Wildman–Crippen LogP) is 6.02. The van der Waals surface area contributed by atoms with Gasteiger partial charge in [0.25, 0.3) is 11.6 Å². The molecule has 1 N–H and O–H groups in total. The van der Waals surface area contributed by atoms with Crippen LogP contribution in [-0.4, -0.2) is 42.3 Å². The molecule has 3 rings (SSSR count). The van der Waals surface area contributed by atoms with Gasteiger partial charge in [-0.15, -0.1) is 0 Å². The maximum absolute atomic E-state index is 12.6. The molecular formula is C26H25BrN4O9. The number of nitro groups is 2. The minimum Gasteiger partial charge on any atom is -0.493 e. The Labute approximate surface area is 237 Å². The van der Waals surface area contributed by atoms with Crippen LogP contribution < -0.4 is 24.4 Å². The molecule has 0 saturated carbocycles. The molecule has 0 saturated heterocycles. The Bertz CT molecular complexity index is 1450. The number of hydrogen-bond acceptors (Lipinski definition) is 10. The molecule has 0 aliphatic rings. The zero-order valence-electron chi connectivity index (χ0n) is 21.7. The van der Waals surface area contributed by atoms with Gasteiger partial charge < -0.3 is 18.9 Å². The summed E-state index contributed by atoms with van der Waals surface area (Å²) >= 11 is 3.36. The van der Waals surface area contributed by atoms with Crippen LogP contribution in [0, 0.1) is 20.2 Å². The summed E-state index contributed by atoms with van der Waals surface area (Å²) in [7, 11) is 1.48. The average molecular weight is 617 g/mol. The van der Waals surface area contributed by atoms with Gasteiger partial charge in [0.15, 0.2) is 23.0 Å². The fourth-order valence-corrected chi connectivity index (χ4v) is 3.89. The van der Waals surface area contributed by atoms with Crippen molar-refractivity contribution >= 4 is 39.4 Å². The number of halogens is 1. The van der Waals surface area contributed by atoms with Gasteiger partial charge in [0.1, 0.15) is 0 Å². The van der Waals surface area contributed by atoms with Crippen LogP contribution in [0.1, 0.15) is 36.2 Å². The number of hydrazone groups is 1. The largest absolute Gasteiger partial charge is 0.493 e. The quantitative estimate of drug-likeness (QED) is 0.137. The zero-order valence-corrected chi connectivity index (χ0v) is 23.3. The van der Waals surface area contributed by atoms with Gasteiger partial charge in [-0.1, -0.05) is 6.92 Å². The van der Waals surface area contributed by atoms with Crippen molar-refractivity contribution in [3.63, 3.8) is 0 Å². The Balaban J connectivity index is 1.82. The van der Waals surface area contributed by atoms with E-state index in [1.165, 1.54) is 13.3 Å². The number of non-ortho nitro benzene ring substituents is 1. The molecule has 40 heavy (non-hydrogen) atoms. The third kappa shape index (κ3) is 7.44. The van der Waals surface area contributed by atoms with Crippen LogP contribution in [0.3, 0.4) is 0 Å². The monoisotopic (exact) mass is 616 g/mol. The third-order valence-corrected chi connectivity index (χ3v) is 5.75. The second-order valence-corrected chi connectivity index (χ2v) is 8.80. The molecule has 3 aromatic carbocycles. The van der Waals surface area contributed by atoms with Gasteiger partial charge in [0, 0.05) is 11.6 Å². The average Bonchev–Trinajstić information content (AvgIpc) is 2.93. The third-order valence-electron chi connectivity index (χ3n) is 5.16. The van der Waals surface area contributed by atoms with Gasteiger partial charge in [-0.25, -0.2) is 5.43 Å². The molecular weight excluding hydrogens is 592 g/mol. The standard InChI is InChI=1S/C26H25BrN4O9/c1-4-10-39-22-8-6-17(13-23(22)37-3)26(32)29-28-15-16-11-19(27)25(24(12-16)38-5-2)40-21-9-7-18(30(33)34)14-20(21)31(35)36/h6-9,11-15H,4-5,10H2,1-3H3,(H,29,32)/b28-15+. The van der Waals surface area contributed by atoms with E-state index in [2.05, 4.69) is 26.5 Å². The number of carbonyl (C=O) groups is 1. The van der Waals surface area contributed by atoms with Gasteiger partial charge in [0.2, 0.25) is 5.75 Å². The van der Waals surface area contributed by atoms with Crippen molar-refractivity contribution < 1.29 is 33.6 Å². The number of hydrogen-bond donors (Lipinski definition) is 1. The highest BCUT2D eigenvalue weighted by atomic mass is 79.9. The number of benzene rings is 3. The van der Waals surface area contributed by atoms with Crippen molar-refractivity contribution in [2.75, 3.05) is 20.3 Å². The molecule has 14 heteroatoms. The predicted molar refractivity (Wildman–Crippen MR) is 149 cm³/mol. The van der Waals surface area contributed by atoms with Gasteiger partial charge in [0.05, 0.1) is 46.9 Å². The molecule has 0 radical (unpaired) electrons. The second kappa shape index (κ2) is 13.9. The number of nitro benzene ring substituents is 2. The maximum Gasteiger partial charge on any atom is 0.318 e. The summed E-state index contributed by atoms with van der Waals surface area (Å²) in [4.78, 5) is 33.6. The molecule has 0 aliphatic carbocycles. The van der Waals surface area contributed by atoms with E-state index in [0.717, 1.165) is 24.6 Å². The van der Waals surface area contributed by atoms with Crippen molar-refractivity contribution in [1.29, 1.82) is 0 Å². The number of methoxy groups -OCH3 is 1. The number of rotatable bonds is 13. The summed E-state index contributed by atoms with van der Waals surface area (Å²) in [6, 6.07) is 11.0. The van der Waals surface area contributed by atoms with Gasteiger partial charge in [-0.3, -0.25) is 25.0 Å². The minimum atomic E-state index is -0.776. The molecule has 1 amide bonds. The van der Waals surface area contributed by atoms with E-state index in [0.29, 0.717) is 33.7 Å². The summed E-state index contributed by atoms with van der Waals surface area (Å²) in [5.41, 5.74) is 2.21. The van der Waals surface area contributed by atoms with E-state index in [1.54, 1.807) is 37.3 Å². The first kappa shape index (κ1) is 29.8. The highest BCUT2D eigenvalue weighted by Gasteiger charge is 2.23. The van der Waals surface area contributed by atoms with Gasteiger partial charge in [-0.2, -0.15) is 5.10 Å². The highest BCUT2D eigenvalue weighted by Crippen LogP contribution is 2.42. The molecule has 0 fully saturated rings. The molecule has 0 atom stereocenters. The Kier molecular flexibility index (Phi) is 10.4. The number of nitrogens with zero attached hydrogens (tertiary/aromatic N) is 3. The Morgan fingerprint density at radius 1 is 0.975 bits per heavy atom. The fraction of sp³-hybridized carbons (Fsp3) is 0.231. The van der Waals surface area contributed by atoms with Crippen molar-refractivity contribution in [2.45, 2.75) is 20.3 Å². The first-order chi connectivity index (χ1) is 19.2. The lowest BCUT2D eigenvalue weighted by atomic mass is 10.2. The molecule has 3 aromatic rings. The van der Waals surface area contributed by atoms with E-state index < -0.39 is 27.1 Å². The first-order valence-electron chi connectivity index (χ1n) is 11.9. The van der Waals surface area contributed by atoms with Crippen LogP contribution in [0.15, 0.2) is 58.1 Å². The van der Waals surface area contributed by atoms with E-state index in [9.17, 15) is 25.0 Å². The summed E-state index contributed by atoms with van der Waals surface area (Å²) in [6.45, 7) is 4.47. The normalized spacial score (nSPS) is 10.7. The number of nitrogens with one attached hydrogen (secondary N) is 1. The summed E-state index contributed by atoms with van der Waals surface area (Å²) in [5, 5.41) is 26.5. The minimum absolute atomic E-state index is 0.109. The van der Waals surface area contributed by atoms with Crippen LogP contribution >= 0.6 is 15.9 Å². The maximum atomic E-state index is 12.6. The van der Waals surface area contributed by atoms with Crippen LogP contribution in [0.2, 0.25) is 0 Å². The summed E-state index contributed by atoms with van der Waals surface area (Å²) in [5.74, 6) is 0.569. The lowest BCUT2D eigenvalue weighted by Gasteiger charge is -2.14. The lowest BCUT2D eigenvalue weighted by molar-refractivity contribution is -0.394. The van der Waals surface area contributed by atoms with Gasteiger partial charge in [-0.05, 0) is 71.2 Å². The Morgan fingerprint density at radius 2 is 1.73 bits per heavy atom. The highest BCUT2D eigenvalue weighted by molar-refractivity contribution is 9.10. The molecule has 13 nitrogen and oxygen atoms in total. The molecule has 210 valence electrons. The van der Waals surface area contributed by atoms with Crippen molar-refractivity contribution in [1.82, 2.24) is 5.43 Å². The van der Waals surface area contributed by atoms with Crippen LogP contribution in [0.4, 0.5) is 11.4 Å². The smallest absolute Gasteiger partial charge is 0.318 e. The zero-order chi connectivity index (χ0) is 29.2. The second-order valence-electron chi connectivity index (χ2n) is 7.94. The van der Waals surface area contributed by atoms with E-state index in [-0.39, 0.29) is 23.9 Å². The van der Waals surface area contributed by atoms with Crippen LogP contribution in [-0.2, 0) is 0 Å². The van der Waals surface area contributed by atoms with Crippen molar-refractivity contribution in [3.05, 3.63) is 84.4 Å². The topological polar surface area (TPSA) is 165 Å². The molecule has 0 unspecified atom stereocenters. The molecule has 0 heterocycles. The van der Waals surface area contributed by atoms with Crippen molar-refractivity contribution in [3.8, 4) is 28.7 Å². The number of carbonyl (C=O) groups excluding carboxylic acids is 1.